The van der Waals surface area contributed by atoms with E-state index in [-0.39, 0.29) is 0 Å². The average Bonchev–Trinajstić information content (AvgIpc) is 2.49. The van der Waals surface area contributed by atoms with Crippen LogP contribution in [-0.4, -0.2) is 13.2 Å². The molecule has 1 saturated carbocycles. The van der Waals surface area contributed by atoms with Crippen LogP contribution >= 0.6 is 0 Å². The highest BCUT2D eigenvalue weighted by Gasteiger charge is 2.24. The van der Waals surface area contributed by atoms with Gasteiger partial charge in [0, 0.05) is 6.04 Å². The standard InChI is InChI=1S/C18H27NO/c1-13-9-11-14(12-10-13)20-18-8-4-5-15-16(18)6-3-7-17(15)19-2/h4-5,8,13-14,17,19H,3,6-7,9-12H2,1-2H3. The van der Waals surface area contributed by atoms with Crippen LogP contribution in [-0.2, 0) is 6.42 Å². The first-order valence-corrected chi connectivity index (χ1v) is 8.23. The predicted molar refractivity (Wildman–Crippen MR) is 83.2 cm³/mol. The van der Waals surface area contributed by atoms with Crippen molar-refractivity contribution in [3.05, 3.63) is 29.3 Å². The number of benzene rings is 1. The van der Waals surface area contributed by atoms with E-state index in [0.717, 1.165) is 11.7 Å². The molecule has 110 valence electrons. The zero-order chi connectivity index (χ0) is 13.9. The second-order valence-corrected chi connectivity index (χ2v) is 6.56. The van der Waals surface area contributed by atoms with Crippen LogP contribution in [0.1, 0.15) is 62.6 Å². The van der Waals surface area contributed by atoms with Gasteiger partial charge in [-0.2, -0.15) is 0 Å². The van der Waals surface area contributed by atoms with Crippen molar-refractivity contribution in [2.45, 2.75) is 64.0 Å². The molecule has 1 aromatic rings. The minimum atomic E-state index is 0.438. The average molecular weight is 273 g/mol. The summed E-state index contributed by atoms with van der Waals surface area (Å²) >= 11 is 0. The van der Waals surface area contributed by atoms with Crippen LogP contribution in [0.25, 0.3) is 0 Å². The highest BCUT2D eigenvalue weighted by Crippen LogP contribution is 2.37. The minimum absolute atomic E-state index is 0.438. The van der Waals surface area contributed by atoms with Gasteiger partial charge in [-0.15, -0.1) is 0 Å². The third kappa shape index (κ3) is 2.85. The number of hydrogen-bond acceptors (Lipinski definition) is 2. The molecule has 0 spiro atoms. The van der Waals surface area contributed by atoms with E-state index in [2.05, 4.69) is 37.5 Å². The Hall–Kier alpha value is -1.02. The molecule has 2 aliphatic carbocycles. The fourth-order valence-corrected chi connectivity index (χ4v) is 3.75. The Morgan fingerprint density at radius 1 is 1.10 bits per heavy atom. The first kappa shape index (κ1) is 13.9. The van der Waals surface area contributed by atoms with Crippen molar-refractivity contribution in [3.63, 3.8) is 0 Å². The van der Waals surface area contributed by atoms with Gasteiger partial charge in [0.25, 0.3) is 0 Å². The lowest BCUT2D eigenvalue weighted by atomic mass is 9.86. The molecule has 1 atom stereocenters. The zero-order valence-electron chi connectivity index (χ0n) is 12.8. The largest absolute Gasteiger partial charge is 0.490 e. The van der Waals surface area contributed by atoms with Crippen molar-refractivity contribution in [2.75, 3.05) is 7.05 Å². The maximum Gasteiger partial charge on any atom is 0.123 e. The first-order valence-electron chi connectivity index (χ1n) is 8.23. The summed E-state index contributed by atoms with van der Waals surface area (Å²) in [7, 11) is 2.07. The fraction of sp³-hybridized carbons (Fsp3) is 0.667. The van der Waals surface area contributed by atoms with Gasteiger partial charge in [-0.05, 0) is 75.1 Å². The SMILES string of the molecule is CNC1CCCc2c(OC3CCC(C)CC3)cccc21. The lowest BCUT2D eigenvalue weighted by Gasteiger charge is -2.31. The van der Waals surface area contributed by atoms with Crippen LogP contribution in [0.2, 0.25) is 0 Å². The summed E-state index contributed by atoms with van der Waals surface area (Å²) in [6.45, 7) is 2.36. The highest BCUT2D eigenvalue weighted by atomic mass is 16.5. The molecule has 2 heteroatoms. The summed E-state index contributed by atoms with van der Waals surface area (Å²) < 4.78 is 6.37. The smallest absolute Gasteiger partial charge is 0.123 e. The van der Waals surface area contributed by atoms with Gasteiger partial charge in [-0.1, -0.05) is 19.1 Å². The first-order chi connectivity index (χ1) is 9.78. The maximum atomic E-state index is 6.37. The number of hydrogen-bond donors (Lipinski definition) is 1. The summed E-state index contributed by atoms with van der Waals surface area (Å²) in [6, 6.07) is 7.11. The van der Waals surface area contributed by atoms with Crippen molar-refractivity contribution < 1.29 is 4.74 Å². The Kier molecular flexibility index (Phi) is 4.30. The Labute approximate surface area is 122 Å². The fourth-order valence-electron chi connectivity index (χ4n) is 3.75. The van der Waals surface area contributed by atoms with E-state index in [1.54, 1.807) is 0 Å². The summed E-state index contributed by atoms with van der Waals surface area (Å²) in [4.78, 5) is 0. The van der Waals surface area contributed by atoms with E-state index in [9.17, 15) is 0 Å². The van der Waals surface area contributed by atoms with Gasteiger partial charge in [0.05, 0.1) is 6.10 Å². The Morgan fingerprint density at radius 2 is 1.90 bits per heavy atom. The van der Waals surface area contributed by atoms with Gasteiger partial charge in [-0.25, -0.2) is 0 Å². The third-order valence-electron chi connectivity index (χ3n) is 5.07. The normalized spacial score (nSPS) is 29.8. The molecule has 2 nitrogen and oxygen atoms in total. The molecule has 1 fully saturated rings. The van der Waals surface area contributed by atoms with Crippen LogP contribution in [0, 0.1) is 5.92 Å². The second kappa shape index (κ2) is 6.17. The van der Waals surface area contributed by atoms with Crippen molar-refractivity contribution in [1.29, 1.82) is 0 Å². The van der Waals surface area contributed by atoms with Gasteiger partial charge < -0.3 is 10.1 Å². The summed E-state index contributed by atoms with van der Waals surface area (Å²) in [5.41, 5.74) is 2.91. The molecule has 0 bridgehead atoms. The molecule has 0 aliphatic heterocycles. The Morgan fingerprint density at radius 3 is 2.65 bits per heavy atom. The molecule has 2 aliphatic rings. The van der Waals surface area contributed by atoms with Gasteiger partial charge in [0.15, 0.2) is 0 Å². The quantitative estimate of drug-likeness (QED) is 0.889. The van der Waals surface area contributed by atoms with Crippen LogP contribution in [0.15, 0.2) is 18.2 Å². The molecule has 0 heterocycles. The lowest BCUT2D eigenvalue weighted by Crippen LogP contribution is -2.25. The summed E-state index contributed by atoms with van der Waals surface area (Å²) in [6.07, 6.45) is 9.20. The van der Waals surface area contributed by atoms with Gasteiger partial charge >= 0.3 is 0 Å². The summed E-state index contributed by atoms with van der Waals surface area (Å²) in [5, 5.41) is 3.44. The van der Waals surface area contributed by atoms with Crippen LogP contribution in [0.5, 0.6) is 5.75 Å². The highest BCUT2D eigenvalue weighted by molar-refractivity contribution is 5.43. The topological polar surface area (TPSA) is 21.3 Å². The van der Waals surface area contributed by atoms with Gasteiger partial charge in [-0.3, -0.25) is 0 Å². The van der Waals surface area contributed by atoms with Gasteiger partial charge in [0.1, 0.15) is 5.75 Å². The van der Waals surface area contributed by atoms with Crippen molar-refractivity contribution >= 4 is 0 Å². The van der Waals surface area contributed by atoms with E-state index in [0.29, 0.717) is 12.1 Å². The molecule has 0 aromatic heterocycles. The van der Waals surface area contributed by atoms with Crippen molar-refractivity contribution in [2.24, 2.45) is 5.92 Å². The molecule has 3 rings (SSSR count). The van der Waals surface area contributed by atoms with Crippen LogP contribution < -0.4 is 10.1 Å². The predicted octanol–water partition coefficient (Wildman–Crippen LogP) is 4.24. The Balaban J connectivity index is 1.77. The van der Waals surface area contributed by atoms with Crippen LogP contribution in [0.4, 0.5) is 0 Å². The molecule has 1 aromatic carbocycles. The molecule has 0 amide bonds. The molecule has 1 N–H and O–H groups in total. The van der Waals surface area contributed by atoms with E-state index >= 15 is 0 Å². The van der Waals surface area contributed by atoms with Crippen LogP contribution in [0.3, 0.4) is 0 Å². The van der Waals surface area contributed by atoms with E-state index in [1.807, 2.05) is 0 Å². The summed E-state index contributed by atoms with van der Waals surface area (Å²) in [5.74, 6) is 2.04. The van der Waals surface area contributed by atoms with Crippen molar-refractivity contribution in [3.8, 4) is 5.75 Å². The molecular formula is C18H27NO. The molecule has 1 unspecified atom stereocenters. The number of rotatable bonds is 3. The number of nitrogens with one attached hydrogen (secondary N) is 1. The molecule has 0 radical (unpaired) electrons. The van der Waals surface area contributed by atoms with Gasteiger partial charge in [0.2, 0.25) is 0 Å². The molecule has 0 saturated heterocycles. The monoisotopic (exact) mass is 273 g/mol. The van der Waals surface area contributed by atoms with E-state index < -0.39 is 0 Å². The third-order valence-corrected chi connectivity index (χ3v) is 5.07. The number of ether oxygens (including phenoxy) is 1. The van der Waals surface area contributed by atoms with E-state index in [1.165, 1.54) is 56.1 Å². The molecular weight excluding hydrogens is 246 g/mol. The molecule has 20 heavy (non-hydrogen) atoms. The maximum absolute atomic E-state index is 6.37. The Bertz CT molecular complexity index is 449. The van der Waals surface area contributed by atoms with E-state index in [4.69, 9.17) is 4.74 Å². The number of fused-ring (bicyclic) bond motifs is 1. The minimum Gasteiger partial charge on any atom is -0.490 e. The zero-order valence-corrected chi connectivity index (χ0v) is 12.8. The second-order valence-electron chi connectivity index (χ2n) is 6.56. The van der Waals surface area contributed by atoms with Crippen molar-refractivity contribution in [1.82, 2.24) is 5.32 Å². The lowest BCUT2D eigenvalue weighted by molar-refractivity contribution is 0.134.